The van der Waals surface area contributed by atoms with Crippen molar-refractivity contribution >= 4 is 6.29 Å². The van der Waals surface area contributed by atoms with Crippen molar-refractivity contribution in [2.24, 2.45) is 5.92 Å². The van der Waals surface area contributed by atoms with Crippen LogP contribution in [0.3, 0.4) is 0 Å². The number of nitrogens with one attached hydrogen (secondary N) is 1. The molecule has 3 nitrogen and oxygen atoms in total. The van der Waals surface area contributed by atoms with E-state index in [9.17, 15) is 4.79 Å². The molecule has 3 atom stereocenters. The Morgan fingerprint density at radius 1 is 1.75 bits per heavy atom. The van der Waals surface area contributed by atoms with Crippen molar-refractivity contribution in [3.8, 4) is 0 Å². The lowest BCUT2D eigenvalue weighted by molar-refractivity contribution is -0.110. The van der Waals surface area contributed by atoms with Crippen LogP contribution in [0.1, 0.15) is 26.2 Å². The predicted molar refractivity (Wildman–Crippen MR) is 46.9 cm³/mol. The standard InChI is InChI=1S/C9H17NO2/c1-2-3-7-4-9(7)10-8(5-11)6-12/h5,7-10,12H,2-4,6H2,1H3/t7?,8-,9-/m1/s1. The Morgan fingerprint density at radius 2 is 2.50 bits per heavy atom. The average Bonchev–Trinajstić information content (AvgIpc) is 2.80. The van der Waals surface area contributed by atoms with Gasteiger partial charge in [0.2, 0.25) is 0 Å². The minimum absolute atomic E-state index is 0.0845. The van der Waals surface area contributed by atoms with Gasteiger partial charge in [-0.05, 0) is 18.8 Å². The molecular weight excluding hydrogens is 154 g/mol. The van der Waals surface area contributed by atoms with E-state index in [1.165, 1.54) is 12.8 Å². The van der Waals surface area contributed by atoms with Crippen molar-refractivity contribution in [2.75, 3.05) is 6.61 Å². The van der Waals surface area contributed by atoms with Gasteiger partial charge in [0.15, 0.2) is 0 Å². The van der Waals surface area contributed by atoms with Crippen LogP contribution in [0.15, 0.2) is 0 Å². The summed E-state index contributed by atoms with van der Waals surface area (Å²) in [6.07, 6.45) is 4.38. The lowest BCUT2D eigenvalue weighted by Crippen LogP contribution is -2.36. The third-order valence-corrected chi connectivity index (χ3v) is 2.37. The molecule has 0 aliphatic heterocycles. The Hall–Kier alpha value is -0.410. The second kappa shape index (κ2) is 4.58. The smallest absolute Gasteiger partial charge is 0.139 e. The highest BCUT2D eigenvalue weighted by molar-refractivity contribution is 5.57. The van der Waals surface area contributed by atoms with E-state index in [2.05, 4.69) is 12.2 Å². The first-order valence-electron chi connectivity index (χ1n) is 4.64. The second-order valence-electron chi connectivity index (χ2n) is 3.48. The van der Waals surface area contributed by atoms with Gasteiger partial charge in [0, 0.05) is 6.04 Å². The number of hydrogen-bond donors (Lipinski definition) is 2. The topological polar surface area (TPSA) is 49.3 Å². The molecule has 0 aromatic rings. The molecule has 2 N–H and O–H groups in total. The first-order chi connectivity index (χ1) is 5.81. The van der Waals surface area contributed by atoms with Gasteiger partial charge < -0.3 is 15.2 Å². The molecule has 1 rings (SSSR count). The van der Waals surface area contributed by atoms with Gasteiger partial charge in [0.1, 0.15) is 6.29 Å². The zero-order chi connectivity index (χ0) is 8.97. The van der Waals surface area contributed by atoms with E-state index in [1.54, 1.807) is 0 Å². The molecule has 1 unspecified atom stereocenters. The fraction of sp³-hybridized carbons (Fsp3) is 0.889. The van der Waals surface area contributed by atoms with E-state index >= 15 is 0 Å². The first-order valence-corrected chi connectivity index (χ1v) is 4.64. The van der Waals surface area contributed by atoms with Crippen LogP contribution in [0.25, 0.3) is 0 Å². The number of aliphatic hydroxyl groups is 1. The summed E-state index contributed by atoms with van der Waals surface area (Å²) in [6.45, 7) is 2.08. The van der Waals surface area contributed by atoms with Crippen molar-refractivity contribution in [1.29, 1.82) is 0 Å². The Labute approximate surface area is 73.2 Å². The van der Waals surface area contributed by atoms with Crippen molar-refractivity contribution in [3.63, 3.8) is 0 Å². The van der Waals surface area contributed by atoms with E-state index in [-0.39, 0.29) is 12.6 Å². The molecule has 0 bridgehead atoms. The Morgan fingerprint density at radius 3 is 3.00 bits per heavy atom. The molecular formula is C9H17NO2. The number of aldehydes is 1. The van der Waals surface area contributed by atoms with Gasteiger partial charge in [-0.2, -0.15) is 0 Å². The molecule has 1 aliphatic carbocycles. The zero-order valence-electron chi connectivity index (χ0n) is 7.49. The van der Waals surface area contributed by atoms with E-state index in [0.29, 0.717) is 6.04 Å². The highest BCUT2D eigenvalue weighted by Crippen LogP contribution is 2.34. The van der Waals surface area contributed by atoms with Crippen LogP contribution in [-0.2, 0) is 4.79 Å². The van der Waals surface area contributed by atoms with Crippen LogP contribution in [0, 0.1) is 5.92 Å². The molecule has 0 aromatic heterocycles. The SMILES string of the molecule is CCCC1C[C@H]1N[C@H](C=O)CO. The van der Waals surface area contributed by atoms with Gasteiger partial charge in [0.25, 0.3) is 0 Å². The number of rotatable bonds is 6. The minimum Gasteiger partial charge on any atom is -0.394 e. The lowest BCUT2D eigenvalue weighted by atomic mass is 10.2. The molecule has 70 valence electrons. The minimum atomic E-state index is -0.350. The Balaban J connectivity index is 2.13. The molecule has 12 heavy (non-hydrogen) atoms. The van der Waals surface area contributed by atoms with E-state index in [1.807, 2.05) is 0 Å². The molecule has 1 aliphatic rings. The lowest BCUT2D eigenvalue weighted by Gasteiger charge is -2.08. The summed E-state index contributed by atoms with van der Waals surface area (Å²) in [5.74, 6) is 0.740. The van der Waals surface area contributed by atoms with Crippen LogP contribution in [0.5, 0.6) is 0 Å². The van der Waals surface area contributed by atoms with Crippen molar-refractivity contribution < 1.29 is 9.90 Å². The summed E-state index contributed by atoms with van der Waals surface area (Å²) in [7, 11) is 0. The van der Waals surface area contributed by atoms with Gasteiger partial charge >= 0.3 is 0 Å². The summed E-state index contributed by atoms with van der Waals surface area (Å²) >= 11 is 0. The summed E-state index contributed by atoms with van der Waals surface area (Å²) in [6, 6.07) is 0.129. The molecule has 0 saturated heterocycles. The third kappa shape index (κ3) is 2.57. The first kappa shape index (κ1) is 9.68. The van der Waals surface area contributed by atoms with Gasteiger partial charge in [-0.25, -0.2) is 0 Å². The number of carbonyl (C=O) groups is 1. The van der Waals surface area contributed by atoms with Gasteiger partial charge in [-0.1, -0.05) is 13.3 Å². The quantitative estimate of drug-likeness (QED) is 0.566. The summed E-state index contributed by atoms with van der Waals surface area (Å²) in [4.78, 5) is 10.3. The Kier molecular flexibility index (Phi) is 3.69. The van der Waals surface area contributed by atoms with Crippen molar-refractivity contribution in [2.45, 2.75) is 38.3 Å². The Bertz CT molecular complexity index is 149. The zero-order valence-corrected chi connectivity index (χ0v) is 7.49. The number of carbonyl (C=O) groups excluding carboxylic acids is 1. The van der Waals surface area contributed by atoms with Crippen LogP contribution in [0.4, 0.5) is 0 Å². The third-order valence-electron chi connectivity index (χ3n) is 2.37. The maximum Gasteiger partial charge on any atom is 0.139 e. The predicted octanol–water partition coefficient (Wildman–Crippen LogP) is 0.324. The van der Waals surface area contributed by atoms with E-state index in [4.69, 9.17) is 5.11 Å². The van der Waals surface area contributed by atoms with E-state index in [0.717, 1.165) is 18.6 Å². The molecule has 0 radical (unpaired) electrons. The normalized spacial score (nSPS) is 29.8. The summed E-state index contributed by atoms with van der Waals surface area (Å²) in [5, 5.41) is 11.8. The van der Waals surface area contributed by atoms with Crippen LogP contribution in [0.2, 0.25) is 0 Å². The molecule has 1 fully saturated rings. The molecule has 0 aromatic carbocycles. The summed E-state index contributed by atoms with van der Waals surface area (Å²) in [5.41, 5.74) is 0. The van der Waals surface area contributed by atoms with Crippen molar-refractivity contribution in [1.82, 2.24) is 5.32 Å². The number of hydrogen-bond acceptors (Lipinski definition) is 3. The average molecular weight is 171 g/mol. The fourth-order valence-electron chi connectivity index (χ4n) is 1.55. The molecule has 3 heteroatoms. The van der Waals surface area contributed by atoms with Crippen LogP contribution in [-0.4, -0.2) is 30.1 Å². The summed E-state index contributed by atoms with van der Waals surface area (Å²) < 4.78 is 0. The largest absolute Gasteiger partial charge is 0.394 e. The number of aliphatic hydroxyl groups excluding tert-OH is 1. The highest BCUT2D eigenvalue weighted by Gasteiger charge is 2.36. The van der Waals surface area contributed by atoms with Crippen LogP contribution < -0.4 is 5.32 Å². The molecule has 0 amide bonds. The van der Waals surface area contributed by atoms with Gasteiger partial charge in [-0.3, -0.25) is 0 Å². The fourth-order valence-corrected chi connectivity index (χ4v) is 1.55. The molecule has 0 spiro atoms. The van der Waals surface area contributed by atoms with Gasteiger partial charge in [0.05, 0.1) is 12.6 Å². The van der Waals surface area contributed by atoms with Crippen LogP contribution >= 0.6 is 0 Å². The molecule has 0 heterocycles. The molecule has 1 saturated carbocycles. The highest BCUT2D eigenvalue weighted by atomic mass is 16.3. The monoisotopic (exact) mass is 171 g/mol. The second-order valence-corrected chi connectivity index (χ2v) is 3.48. The maximum absolute atomic E-state index is 10.3. The van der Waals surface area contributed by atoms with E-state index < -0.39 is 0 Å². The van der Waals surface area contributed by atoms with Crippen molar-refractivity contribution in [3.05, 3.63) is 0 Å². The van der Waals surface area contributed by atoms with Gasteiger partial charge in [-0.15, -0.1) is 0 Å². The maximum atomic E-state index is 10.3.